The third-order valence-corrected chi connectivity index (χ3v) is 6.02. The fourth-order valence-electron chi connectivity index (χ4n) is 4.73. The topological polar surface area (TPSA) is 15.3 Å². The molecule has 1 heterocycles. The van der Waals surface area contributed by atoms with Crippen molar-refractivity contribution < 1.29 is 0 Å². The summed E-state index contributed by atoms with van der Waals surface area (Å²) >= 11 is 0. The van der Waals surface area contributed by atoms with E-state index >= 15 is 0 Å². The molecule has 4 unspecified atom stereocenters. The Bertz CT molecular complexity index is 279. The van der Waals surface area contributed by atoms with Crippen molar-refractivity contribution in [2.24, 2.45) is 11.8 Å². The van der Waals surface area contributed by atoms with Gasteiger partial charge in [0.1, 0.15) is 0 Å². The van der Waals surface area contributed by atoms with Crippen molar-refractivity contribution in [1.82, 2.24) is 10.2 Å². The Labute approximate surface area is 133 Å². The molecule has 0 radical (unpaired) electrons. The summed E-state index contributed by atoms with van der Waals surface area (Å²) < 4.78 is 0. The molecule has 0 spiro atoms. The van der Waals surface area contributed by atoms with Crippen LogP contribution in [0.3, 0.4) is 0 Å². The van der Waals surface area contributed by atoms with Crippen LogP contribution in [0.5, 0.6) is 0 Å². The molecule has 2 aliphatic rings. The molecule has 2 rings (SSSR count). The van der Waals surface area contributed by atoms with Crippen LogP contribution in [0.4, 0.5) is 0 Å². The maximum absolute atomic E-state index is 3.80. The molecule has 1 saturated carbocycles. The highest BCUT2D eigenvalue weighted by molar-refractivity contribution is 4.92. The normalized spacial score (nSPS) is 35.6. The van der Waals surface area contributed by atoms with Gasteiger partial charge in [0.15, 0.2) is 0 Å². The highest BCUT2D eigenvalue weighted by Gasteiger charge is 2.34. The van der Waals surface area contributed by atoms with Crippen molar-refractivity contribution in [3.8, 4) is 0 Å². The predicted molar refractivity (Wildman–Crippen MR) is 92.7 cm³/mol. The van der Waals surface area contributed by atoms with Gasteiger partial charge in [-0.2, -0.15) is 0 Å². The average molecular weight is 295 g/mol. The minimum atomic E-state index is 0.751. The van der Waals surface area contributed by atoms with Crippen LogP contribution in [0.15, 0.2) is 0 Å². The van der Waals surface area contributed by atoms with Crippen LogP contribution in [0, 0.1) is 11.8 Å². The van der Waals surface area contributed by atoms with Crippen LogP contribution < -0.4 is 5.32 Å². The van der Waals surface area contributed by atoms with Crippen molar-refractivity contribution in [3.63, 3.8) is 0 Å². The van der Waals surface area contributed by atoms with Crippen LogP contribution in [0.2, 0.25) is 0 Å². The lowest BCUT2D eigenvalue weighted by atomic mass is 9.79. The average Bonchev–Trinajstić information content (AvgIpc) is 2.74. The van der Waals surface area contributed by atoms with Crippen molar-refractivity contribution in [2.45, 2.75) is 90.6 Å². The van der Waals surface area contributed by atoms with Gasteiger partial charge in [-0.1, -0.05) is 40.0 Å². The van der Waals surface area contributed by atoms with Crippen LogP contribution in [0.1, 0.15) is 78.6 Å². The first-order chi connectivity index (χ1) is 10.3. The molecule has 2 fully saturated rings. The zero-order chi connectivity index (χ0) is 15.1. The Morgan fingerprint density at radius 3 is 2.52 bits per heavy atom. The van der Waals surface area contributed by atoms with Gasteiger partial charge < -0.3 is 5.32 Å². The summed E-state index contributed by atoms with van der Waals surface area (Å²) in [5, 5.41) is 3.80. The van der Waals surface area contributed by atoms with Crippen LogP contribution in [-0.4, -0.2) is 36.6 Å². The van der Waals surface area contributed by atoms with Crippen molar-refractivity contribution >= 4 is 0 Å². The molecular formula is C19H38N2. The smallest absolute Gasteiger partial charge is 0.0251 e. The van der Waals surface area contributed by atoms with Gasteiger partial charge in [-0.25, -0.2) is 0 Å². The first-order valence-electron chi connectivity index (χ1n) is 9.75. The minimum Gasteiger partial charge on any atom is -0.313 e. The van der Waals surface area contributed by atoms with Gasteiger partial charge in [0.05, 0.1) is 0 Å². The summed E-state index contributed by atoms with van der Waals surface area (Å²) in [7, 11) is 0. The van der Waals surface area contributed by atoms with E-state index in [0.29, 0.717) is 0 Å². The minimum absolute atomic E-state index is 0.751. The number of hydrogen-bond acceptors (Lipinski definition) is 2. The SMILES string of the molecule is CCCC1CCC(NCC)C(N2CCCC(CC)CC2)C1. The Morgan fingerprint density at radius 2 is 1.81 bits per heavy atom. The van der Waals surface area contributed by atoms with Crippen molar-refractivity contribution in [1.29, 1.82) is 0 Å². The Hall–Kier alpha value is -0.0800. The van der Waals surface area contributed by atoms with E-state index in [0.717, 1.165) is 30.5 Å². The number of likely N-dealkylation sites (tertiary alicyclic amines) is 1. The lowest BCUT2D eigenvalue weighted by molar-refractivity contribution is 0.0962. The second kappa shape index (κ2) is 9.15. The standard InChI is InChI=1S/C19H38N2/c1-4-8-17-10-11-18(20-6-3)19(15-17)21-13-7-9-16(5-2)12-14-21/h16-20H,4-15H2,1-3H3. The summed E-state index contributed by atoms with van der Waals surface area (Å²) in [6, 6.07) is 1.56. The zero-order valence-corrected chi connectivity index (χ0v) is 14.7. The molecule has 2 heteroatoms. The van der Waals surface area contributed by atoms with E-state index in [-0.39, 0.29) is 0 Å². The Morgan fingerprint density at radius 1 is 0.952 bits per heavy atom. The molecule has 1 aliphatic heterocycles. The van der Waals surface area contributed by atoms with E-state index in [1.54, 1.807) is 0 Å². The lowest BCUT2D eigenvalue weighted by Crippen LogP contribution is -2.53. The molecule has 0 aromatic heterocycles. The highest BCUT2D eigenvalue weighted by atomic mass is 15.2. The first-order valence-corrected chi connectivity index (χ1v) is 9.75. The molecule has 1 aliphatic carbocycles. The summed E-state index contributed by atoms with van der Waals surface area (Å²) in [4.78, 5) is 2.87. The van der Waals surface area contributed by atoms with E-state index in [1.807, 2.05) is 0 Å². The molecule has 0 aromatic rings. The fourth-order valence-corrected chi connectivity index (χ4v) is 4.73. The summed E-state index contributed by atoms with van der Waals surface area (Å²) in [5.74, 6) is 1.97. The van der Waals surface area contributed by atoms with E-state index in [4.69, 9.17) is 0 Å². The second-order valence-corrected chi connectivity index (χ2v) is 7.44. The molecule has 1 N–H and O–H groups in total. The van der Waals surface area contributed by atoms with Gasteiger partial charge in [-0.3, -0.25) is 4.90 Å². The number of hydrogen-bond donors (Lipinski definition) is 1. The van der Waals surface area contributed by atoms with E-state index in [2.05, 4.69) is 31.0 Å². The third kappa shape index (κ3) is 4.96. The molecule has 21 heavy (non-hydrogen) atoms. The molecule has 1 saturated heterocycles. The number of nitrogens with one attached hydrogen (secondary N) is 1. The largest absolute Gasteiger partial charge is 0.313 e. The third-order valence-electron chi connectivity index (χ3n) is 6.02. The van der Waals surface area contributed by atoms with Crippen LogP contribution >= 0.6 is 0 Å². The maximum Gasteiger partial charge on any atom is 0.0251 e. The molecule has 124 valence electrons. The fraction of sp³-hybridized carbons (Fsp3) is 1.00. The van der Waals surface area contributed by atoms with E-state index < -0.39 is 0 Å². The molecular weight excluding hydrogens is 256 g/mol. The van der Waals surface area contributed by atoms with Gasteiger partial charge in [0, 0.05) is 12.1 Å². The quantitative estimate of drug-likeness (QED) is 0.779. The zero-order valence-electron chi connectivity index (χ0n) is 14.7. The van der Waals surface area contributed by atoms with Crippen LogP contribution in [0.25, 0.3) is 0 Å². The molecule has 4 atom stereocenters. The summed E-state index contributed by atoms with van der Waals surface area (Å²) in [5.41, 5.74) is 0. The van der Waals surface area contributed by atoms with Gasteiger partial charge in [0.25, 0.3) is 0 Å². The van der Waals surface area contributed by atoms with Gasteiger partial charge in [0.2, 0.25) is 0 Å². The monoisotopic (exact) mass is 294 g/mol. The summed E-state index contributed by atoms with van der Waals surface area (Å²) in [6.45, 7) is 10.8. The number of nitrogens with zero attached hydrogens (tertiary/aromatic N) is 1. The van der Waals surface area contributed by atoms with Crippen molar-refractivity contribution in [3.05, 3.63) is 0 Å². The van der Waals surface area contributed by atoms with Gasteiger partial charge in [-0.05, 0) is 70.0 Å². The number of rotatable bonds is 6. The van der Waals surface area contributed by atoms with Gasteiger partial charge >= 0.3 is 0 Å². The molecule has 0 amide bonds. The predicted octanol–water partition coefficient (Wildman–Crippen LogP) is 4.45. The van der Waals surface area contributed by atoms with Gasteiger partial charge in [-0.15, -0.1) is 0 Å². The Balaban J connectivity index is 1.97. The molecule has 0 aromatic carbocycles. The summed E-state index contributed by atoms with van der Waals surface area (Å²) in [6.07, 6.45) is 12.8. The van der Waals surface area contributed by atoms with Crippen molar-refractivity contribution in [2.75, 3.05) is 19.6 Å². The second-order valence-electron chi connectivity index (χ2n) is 7.44. The van der Waals surface area contributed by atoms with E-state index in [1.165, 1.54) is 70.9 Å². The first kappa shape index (κ1) is 17.3. The maximum atomic E-state index is 3.80. The highest BCUT2D eigenvalue weighted by Crippen LogP contribution is 2.33. The van der Waals surface area contributed by atoms with E-state index in [9.17, 15) is 0 Å². The number of likely N-dealkylation sites (N-methyl/N-ethyl adjacent to an activating group) is 1. The molecule has 0 bridgehead atoms. The lowest BCUT2D eigenvalue weighted by Gasteiger charge is -2.43. The Kier molecular flexibility index (Phi) is 7.53. The van der Waals surface area contributed by atoms with Crippen LogP contribution in [-0.2, 0) is 0 Å². The molecule has 2 nitrogen and oxygen atoms in total.